The third-order valence-electron chi connectivity index (χ3n) is 3.81. The smallest absolute Gasteiger partial charge is 0.257 e. The van der Waals surface area contributed by atoms with E-state index in [-0.39, 0.29) is 6.54 Å². The Morgan fingerprint density at radius 2 is 2.08 bits per heavy atom. The van der Waals surface area contributed by atoms with Gasteiger partial charge in [-0.25, -0.2) is 14.6 Å². The Bertz CT molecular complexity index is 979. The summed E-state index contributed by atoms with van der Waals surface area (Å²) in [5, 5.41) is 5.26. The molecule has 0 aliphatic heterocycles. The molecule has 1 aromatic heterocycles. The van der Waals surface area contributed by atoms with E-state index in [2.05, 4.69) is 5.10 Å². The van der Waals surface area contributed by atoms with Gasteiger partial charge < -0.3 is 0 Å². The summed E-state index contributed by atoms with van der Waals surface area (Å²) in [5.41, 5.74) is 4.69. The highest BCUT2D eigenvalue weighted by molar-refractivity contribution is 5.95. The maximum absolute atomic E-state index is 14.0. The van der Waals surface area contributed by atoms with Crippen molar-refractivity contribution in [1.82, 2.24) is 15.2 Å². The first kappa shape index (κ1) is 16.8. The molecule has 0 aliphatic carbocycles. The maximum Gasteiger partial charge on any atom is 0.257 e. The molecule has 0 aliphatic rings. The average molecular weight is 342 g/mol. The van der Waals surface area contributed by atoms with E-state index in [1.807, 2.05) is 30.5 Å². The Morgan fingerprint density at radius 1 is 1.28 bits per heavy atom. The molecule has 1 amide bonds. The third-order valence-corrected chi connectivity index (χ3v) is 3.81. The van der Waals surface area contributed by atoms with Gasteiger partial charge in [-0.05, 0) is 30.7 Å². The molecule has 0 saturated heterocycles. The van der Waals surface area contributed by atoms with E-state index in [4.69, 9.17) is 5.84 Å². The largest absolute Gasteiger partial charge is 0.291 e. The minimum absolute atomic E-state index is 0.142. The van der Waals surface area contributed by atoms with E-state index in [0.717, 1.165) is 22.5 Å². The monoisotopic (exact) mass is 342 g/mol. The fourth-order valence-corrected chi connectivity index (χ4v) is 2.57. The van der Waals surface area contributed by atoms with E-state index in [1.54, 1.807) is 4.68 Å². The number of benzene rings is 2. The Labute approximate surface area is 142 Å². The molecule has 0 unspecified atom stereocenters. The standard InChI is InChI=1S/C18H16F2N4O/c1-11-2-5-14-16(6-7-18(25)22-21)23-24(17(14)8-11)10-12-3-4-13(19)9-15(12)20/h2-9H,10,21H2,1H3,(H,22,25). The molecule has 25 heavy (non-hydrogen) atoms. The molecule has 3 N–H and O–H groups in total. The number of nitrogens with two attached hydrogens (primary N) is 1. The molecular formula is C18H16F2N4O. The summed E-state index contributed by atoms with van der Waals surface area (Å²) in [6.07, 6.45) is 2.81. The van der Waals surface area contributed by atoms with Crippen LogP contribution in [0.15, 0.2) is 42.5 Å². The third kappa shape index (κ3) is 3.56. The number of hydrogen-bond acceptors (Lipinski definition) is 3. The lowest BCUT2D eigenvalue weighted by atomic mass is 10.1. The first-order chi connectivity index (χ1) is 12.0. The molecule has 0 spiro atoms. The Hall–Kier alpha value is -3.06. The van der Waals surface area contributed by atoms with Gasteiger partial charge in [0.05, 0.1) is 17.8 Å². The van der Waals surface area contributed by atoms with Crippen LogP contribution in [0, 0.1) is 18.6 Å². The van der Waals surface area contributed by atoms with Gasteiger partial charge >= 0.3 is 0 Å². The minimum atomic E-state index is -0.629. The van der Waals surface area contributed by atoms with Crippen molar-refractivity contribution >= 4 is 22.9 Å². The number of carbonyl (C=O) groups excluding carboxylic acids is 1. The quantitative estimate of drug-likeness (QED) is 0.331. The number of hydrazine groups is 1. The van der Waals surface area contributed by atoms with Gasteiger partial charge in [0.25, 0.3) is 5.91 Å². The van der Waals surface area contributed by atoms with Gasteiger partial charge in [-0.3, -0.25) is 14.9 Å². The van der Waals surface area contributed by atoms with Crippen molar-refractivity contribution in [3.05, 3.63) is 70.9 Å². The molecule has 0 atom stereocenters. The Morgan fingerprint density at radius 3 is 2.80 bits per heavy atom. The van der Waals surface area contributed by atoms with Crippen molar-refractivity contribution < 1.29 is 13.6 Å². The number of amides is 1. The number of aryl methyl sites for hydroxylation is 1. The molecule has 0 bridgehead atoms. The van der Waals surface area contributed by atoms with Gasteiger partial charge in [-0.2, -0.15) is 5.10 Å². The number of aromatic nitrogens is 2. The fraction of sp³-hybridized carbons (Fsp3) is 0.111. The zero-order valence-corrected chi connectivity index (χ0v) is 13.5. The van der Waals surface area contributed by atoms with Crippen LogP contribution in [0.1, 0.15) is 16.8 Å². The van der Waals surface area contributed by atoms with Gasteiger partial charge in [0, 0.05) is 23.1 Å². The molecule has 1 heterocycles. The summed E-state index contributed by atoms with van der Waals surface area (Å²) in [5.74, 6) is 3.34. The topological polar surface area (TPSA) is 72.9 Å². The van der Waals surface area contributed by atoms with E-state index in [9.17, 15) is 13.6 Å². The van der Waals surface area contributed by atoms with E-state index < -0.39 is 17.5 Å². The molecule has 0 fully saturated rings. The summed E-state index contributed by atoms with van der Waals surface area (Å²) in [6, 6.07) is 9.18. The van der Waals surface area contributed by atoms with Crippen LogP contribution in [0.4, 0.5) is 8.78 Å². The van der Waals surface area contributed by atoms with Crippen molar-refractivity contribution in [1.29, 1.82) is 0 Å². The number of carbonyl (C=O) groups is 1. The van der Waals surface area contributed by atoms with Crippen LogP contribution in [0.2, 0.25) is 0 Å². The van der Waals surface area contributed by atoms with E-state index in [1.165, 1.54) is 24.3 Å². The first-order valence-corrected chi connectivity index (χ1v) is 7.57. The lowest BCUT2D eigenvalue weighted by Gasteiger charge is -2.06. The van der Waals surface area contributed by atoms with Crippen LogP contribution < -0.4 is 11.3 Å². The summed E-state index contributed by atoms with van der Waals surface area (Å²) >= 11 is 0. The average Bonchev–Trinajstić information content (AvgIpc) is 2.92. The Balaban J connectivity index is 2.06. The number of fused-ring (bicyclic) bond motifs is 1. The molecule has 7 heteroatoms. The summed E-state index contributed by atoms with van der Waals surface area (Å²) < 4.78 is 28.7. The molecule has 0 saturated carbocycles. The minimum Gasteiger partial charge on any atom is -0.291 e. The zero-order chi connectivity index (χ0) is 18.0. The van der Waals surface area contributed by atoms with Crippen molar-refractivity contribution in [2.75, 3.05) is 0 Å². The lowest BCUT2D eigenvalue weighted by molar-refractivity contribution is -0.116. The SMILES string of the molecule is Cc1ccc2c(C=CC(=O)NN)nn(Cc3ccc(F)cc3F)c2c1. The second kappa shape index (κ2) is 6.82. The summed E-state index contributed by atoms with van der Waals surface area (Å²) in [4.78, 5) is 11.3. The van der Waals surface area contributed by atoms with Crippen LogP contribution in [-0.2, 0) is 11.3 Å². The normalized spacial score (nSPS) is 11.4. The van der Waals surface area contributed by atoms with Crippen LogP contribution in [-0.4, -0.2) is 15.7 Å². The summed E-state index contributed by atoms with van der Waals surface area (Å²) in [7, 11) is 0. The highest BCUT2D eigenvalue weighted by Gasteiger charge is 2.12. The zero-order valence-electron chi connectivity index (χ0n) is 13.5. The molecular weight excluding hydrogens is 326 g/mol. The molecule has 3 rings (SSSR count). The number of nitrogens with zero attached hydrogens (tertiary/aromatic N) is 2. The number of hydrogen-bond donors (Lipinski definition) is 2. The molecule has 0 radical (unpaired) electrons. The molecule has 3 aromatic rings. The van der Waals surface area contributed by atoms with Crippen LogP contribution in [0.5, 0.6) is 0 Å². The van der Waals surface area contributed by atoms with Crippen molar-refractivity contribution in [3.8, 4) is 0 Å². The van der Waals surface area contributed by atoms with Gasteiger partial charge in [-0.15, -0.1) is 0 Å². The highest BCUT2D eigenvalue weighted by atomic mass is 19.1. The lowest BCUT2D eigenvalue weighted by Crippen LogP contribution is -2.27. The van der Waals surface area contributed by atoms with Crippen LogP contribution in [0.25, 0.3) is 17.0 Å². The van der Waals surface area contributed by atoms with Gasteiger partial charge in [-0.1, -0.05) is 18.2 Å². The van der Waals surface area contributed by atoms with Crippen molar-refractivity contribution in [3.63, 3.8) is 0 Å². The van der Waals surface area contributed by atoms with Crippen LogP contribution in [0.3, 0.4) is 0 Å². The van der Waals surface area contributed by atoms with Crippen LogP contribution >= 0.6 is 0 Å². The molecule has 128 valence electrons. The number of halogens is 2. The Kier molecular flexibility index (Phi) is 4.58. The number of rotatable bonds is 4. The predicted molar refractivity (Wildman–Crippen MR) is 91.3 cm³/mol. The second-order valence-electron chi connectivity index (χ2n) is 5.64. The van der Waals surface area contributed by atoms with Gasteiger partial charge in [0.2, 0.25) is 0 Å². The molecule has 5 nitrogen and oxygen atoms in total. The second-order valence-corrected chi connectivity index (χ2v) is 5.64. The van der Waals surface area contributed by atoms with Gasteiger partial charge in [0.15, 0.2) is 0 Å². The first-order valence-electron chi connectivity index (χ1n) is 7.57. The van der Waals surface area contributed by atoms with Crippen molar-refractivity contribution in [2.45, 2.75) is 13.5 Å². The number of nitrogens with one attached hydrogen (secondary N) is 1. The van der Waals surface area contributed by atoms with E-state index in [0.29, 0.717) is 11.3 Å². The maximum atomic E-state index is 14.0. The van der Waals surface area contributed by atoms with E-state index >= 15 is 0 Å². The fourth-order valence-electron chi connectivity index (χ4n) is 2.57. The van der Waals surface area contributed by atoms with Gasteiger partial charge in [0.1, 0.15) is 11.6 Å². The summed E-state index contributed by atoms with van der Waals surface area (Å²) in [6.45, 7) is 2.08. The predicted octanol–water partition coefficient (Wildman–Crippen LogP) is 2.67. The highest BCUT2D eigenvalue weighted by Crippen LogP contribution is 2.23. The van der Waals surface area contributed by atoms with Crippen molar-refractivity contribution in [2.24, 2.45) is 5.84 Å². The molecule has 2 aromatic carbocycles.